The van der Waals surface area contributed by atoms with Gasteiger partial charge in [0, 0.05) is 13.1 Å². The van der Waals surface area contributed by atoms with E-state index in [2.05, 4.69) is 151 Å². The average molecular weight is 522 g/mol. The Kier molecular flexibility index (Phi) is 9.51. The molecule has 5 aromatic rings. The molecule has 0 aliphatic rings. The molecule has 1 N–H and O–H groups in total. The fourth-order valence-corrected chi connectivity index (χ4v) is 5.13. The van der Waals surface area contributed by atoms with Crippen molar-refractivity contribution in [3.63, 3.8) is 0 Å². The lowest BCUT2D eigenvalue weighted by atomic mass is 9.96. The van der Waals surface area contributed by atoms with E-state index in [9.17, 15) is 5.11 Å². The number of rotatable bonds is 11. The first-order chi connectivity index (χ1) is 19.8. The van der Waals surface area contributed by atoms with Crippen molar-refractivity contribution >= 4 is 11.1 Å². The second-order valence-electron chi connectivity index (χ2n) is 9.76. The van der Waals surface area contributed by atoms with Gasteiger partial charge in [-0.15, -0.1) is 0 Å². The Hall–Kier alpha value is -4.50. The van der Waals surface area contributed by atoms with Crippen LogP contribution in [0, 0.1) is 0 Å². The van der Waals surface area contributed by atoms with Gasteiger partial charge in [0.2, 0.25) is 0 Å². The van der Waals surface area contributed by atoms with Gasteiger partial charge in [0.15, 0.2) is 0 Å². The number of aliphatic hydroxyl groups excluding tert-OH is 1. The number of hydrogen-bond acceptors (Lipinski definition) is 2. The van der Waals surface area contributed by atoms with Gasteiger partial charge < -0.3 is 5.11 Å². The summed E-state index contributed by atoms with van der Waals surface area (Å²) in [5.74, 6) is 0. The highest BCUT2D eigenvalue weighted by atomic mass is 16.3. The van der Waals surface area contributed by atoms with Gasteiger partial charge in [-0.3, -0.25) is 4.90 Å². The fraction of sp³-hybridized carbons (Fsp3) is 0.105. The molecule has 0 spiro atoms. The van der Waals surface area contributed by atoms with Crippen molar-refractivity contribution in [3.05, 3.63) is 192 Å². The molecule has 40 heavy (non-hydrogen) atoms. The van der Waals surface area contributed by atoms with Gasteiger partial charge in [0.1, 0.15) is 0 Å². The predicted molar refractivity (Wildman–Crippen MR) is 168 cm³/mol. The summed E-state index contributed by atoms with van der Waals surface area (Å²) in [7, 11) is 0. The van der Waals surface area contributed by atoms with E-state index in [1.165, 1.54) is 33.4 Å². The zero-order chi connectivity index (χ0) is 27.4. The molecule has 2 heteroatoms. The van der Waals surface area contributed by atoms with Gasteiger partial charge in [-0.05, 0) is 39.0 Å². The predicted octanol–water partition coefficient (Wildman–Crippen LogP) is 8.29. The lowest BCUT2D eigenvalue weighted by molar-refractivity contribution is 0.146. The summed E-state index contributed by atoms with van der Waals surface area (Å²) in [6.45, 7) is 1.38. The molecule has 2 nitrogen and oxygen atoms in total. The maximum Gasteiger partial charge on any atom is 0.0628 e. The Labute approximate surface area is 238 Å². The summed E-state index contributed by atoms with van der Waals surface area (Å²) in [4.78, 5) is 2.35. The number of hydrogen-bond donors (Lipinski definition) is 1. The van der Waals surface area contributed by atoms with Crippen molar-refractivity contribution in [2.75, 3.05) is 19.7 Å². The molecule has 0 aromatic heterocycles. The highest BCUT2D eigenvalue weighted by Gasteiger charge is 2.19. The van der Waals surface area contributed by atoms with Crippen LogP contribution < -0.4 is 0 Å². The Bertz CT molecular complexity index is 1320. The van der Waals surface area contributed by atoms with Crippen molar-refractivity contribution in [2.45, 2.75) is 6.04 Å². The summed E-state index contributed by atoms with van der Waals surface area (Å²) >= 11 is 0. The number of aliphatic hydroxyl groups is 1. The summed E-state index contributed by atoms with van der Waals surface area (Å²) in [6.07, 6.45) is 4.60. The monoisotopic (exact) mass is 521 g/mol. The van der Waals surface area contributed by atoms with Crippen LogP contribution in [0.2, 0.25) is 0 Å². The van der Waals surface area contributed by atoms with Gasteiger partial charge in [-0.25, -0.2) is 0 Å². The van der Waals surface area contributed by atoms with Crippen molar-refractivity contribution < 1.29 is 5.11 Å². The van der Waals surface area contributed by atoms with Crippen molar-refractivity contribution in [1.82, 2.24) is 4.90 Å². The van der Waals surface area contributed by atoms with Gasteiger partial charge >= 0.3 is 0 Å². The van der Waals surface area contributed by atoms with Crippen LogP contribution in [0.1, 0.15) is 33.9 Å². The average Bonchev–Trinajstić information content (AvgIpc) is 3.04. The Morgan fingerprint density at radius 3 is 1.07 bits per heavy atom. The normalized spacial score (nSPS) is 11.6. The molecule has 5 rings (SSSR count). The highest BCUT2D eigenvalue weighted by Crippen LogP contribution is 2.28. The quantitative estimate of drug-likeness (QED) is 0.189. The molecule has 1 atom stereocenters. The summed E-state index contributed by atoms with van der Waals surface area (Å²) in [6, 6.07) is 52.3. The van der Waals surface area contributed by atoms with E-state index in [-0.39, 0.29) is 12.6 Å². The topological polar surface area (TPSA) is 23.5 Å². The molecular formula is C38H35NO. The minimum Gasteiger partial charge on any atom is -0.394 e. The first kappa shape index (κ1) is 27.1. The Morgan fingerprint density at radius 1 is 0.475 bits per heavy atom. The van der Waals surface area contributed by atoms with E-state index in [0.29, 0.717) is 13.1 Å². The van der Waals surface area contributed by atoms with Crippen LogP contribution in [0.15, 0.2) is 164 Å². The van der Waals surface area contributed by atoms with E-state index in [4.69, 9.17) is 0 Å². The zero-order valence-electron chi connectivity index (χ0n) is 22.7. The largest absolute Gasteiger partial charge is 0.394 e. The lowest BCUT2D eigenvalue weighted by Gasteiger charge is -2.30. The van der Waals surface area contributed by atoms with E-state index < -0.39 is 0 Å². The third-order valence-electron chi connectivity index (χ3n) is 7.20. The van der Waals surface area contributed by atoms with Crippen molar-refractivity contribution in [2.24, 2.45) is 0 Å². The van der Waals surface area contributed by atoms with E-state index in [0.717, 1.165) is 5.56 Å². The summed E-state index contributed by atoms with van der Waals surface area (Å²) in [5, 5.41) is 10.7. The Morgan fingerprint density at radius 2 is 0.775 bits per heavy atom. The molecule has 0 bridgehead atoms. The molecular weight excluding hydrogens is 486 g/mol. The second kappa shape index (κ2) is 14.0. The number of nitrogens with zero attached hydrogens (tertiary/aromatic N) is 1. The smallest absolute Gasteiger partial charge is 0.0628 e. The third kappa shape index (κ3) is 6.92. The van der Waals surface area contributed by atoms with Crippen LogP contribution in [0.3, 0.4) is 0 Å². The molecule has 198 valence electrons. The molecule has 1 unspecified atom stereocenters. The van der Waals surface area contributed by atoms with E-state index in [1.807, 2.05) is 18.2 Å². The minimum absolute atomic E-state index is 0.0315. The molecule has 5 aromatic carbocycles. The van der Waals surface area contributed by atoms with Crippen LogP contribution in [0.5, 0.6) is 0 Å². The molecule has 0 saturated heterocycles. The van der Waals surface area contributed by atoms with Gasteiger partial charge in [-0.1, -0.05) is 164 Å². The van der Waals surface area contributed by atoms with Gasteiger partial charge in [0.05, 0.1) is 12.6 Å². The molecule has 0 aliphatic carbocycles. The van der Waals surface area contributed by atoms with Crippen molar-refractivity contribution in [1.29, 1.82) is 0 Å². The number of benzene rings is 5. The highest BCUT2D eigenvalue weighted by molar-refractivity contribution is 5.80. The van der Waals surface area contributed by atoms with Crippen molar-refractivity contribution in [3.8, 4) is 0 Å². The molecule has 0 fully saturated rings. The molecule has 0 saturated carbocycles. The lowest BCUT2D eigenvalue weighted by Crippen LogP contribution is -2.32. The van der Waals surface area contributed by atoms with Crippen LogP contribution >= 0.6 is 0 Å². The molecule has 0 amide bonds. The van der Waals surface area contributed by atoms with Crippen LogP contribution in [-0.2, 0) is 0 Å². The van der Waals surface area contributed by atoms with Crippen LogP contribution in [0.25, 0.3) is 11.1 Å². The molecule has 0 radical (unpaired) electrons. The minimum atomic E-state index is -0.144. The summed E-state index contributed by atoms with van der Waals surface area (Å²) in [5.41, 5.74) is 8.20. The van der Waals surface area contributed by atoms with Gasteiger partial charge in [-0.2, -0.15) is 0 Å². The summed E-state index contributed by atoms with van der Waals surface area (Å²) < 4.78 is 0. The van der Waals surface area contributed by atoms with E-state index >= 15 is 0 Å². The van der Waals surface area contributed by atoms with E-state index in [1.54, 1.807) is 0 Å². The third-order valence-corrected chi connectivity index (χ3v) is 7.20. The second-order valence-corrected chi connectivity index (χ2v) is 9.76. The fourth-order valence-electron chi connectivity index (χ4n) is 5.13. The molecule has 0 aliphatic heterocycles. The van der Waals surface area contributed by atoms with Gasteiger partial charge in [0.25, 0.3) is 0 Å². The Balaban J connectivity index is 1.55. The maximum absolute atomic E-state index is 10.7. The SMILES string of the molecule is OCC(c1ccccc1)N(CC=C(c1ccccc1)c1ccccc1)CC=C(c1ccccc1)c1ccccc1. The standard InChI is InChI=1S/C38H35NO/c40-30-38(35-24-14-5-15-25-35)39(28-26-36(31-16-6-1-7-17-31)32-18-8-2-9-19-32)29-27-37(33-20-10-3-11-21-33)34-22-12-4-13-23-34/h1-27,38,40H,28-30H2. The zero-order valence-corrected chi connectivity index (χ0v) is 22.7. The molecule has 0 heterocycles. The first-order valence-electron chi connectivity index (χ1n) is 13.9. The van der Waals surface area contributed by atoms with Crippen LogP contribution in [0.4, 0.5) is 0 Å². The maximum atomic E-state index is 10.7. The first-order valence-corrected chi connectivity index (χ1v) is 13.9. The van der Waals surface area contributed by atoms with Crippen LogP contribution in [-0.4, -0.2) is 29.7 Å².